The molecule has 3 saturated heterocycles. The second-order valence-electron chi connectivity index (χ2n) is 17.6. The second-order valence-corrected chi connectivity index (χ2v) is 17.6. The number of likely N-dealkylation sites (tertiary alicyclic amines) is 3. The van der Waals surface area contributed by atoms with Crippen LogP contribution in [0.4, 0.5) is 0 Å². The maximum Gasteiger partial charge on any atom is 0.217 e. The Morgan fingerprint density at radius 3 is 1.62 bits per heavy atom. The Kier molecular flexibility index (Phi) is 19.5. The molecule has 9 nitrogen and oxygen atoms in total. The highest BCUT2D eigenvalue weighted by atomic mass is 16.3. The molecule has 0 spiro atoms. The van der Waals surface area contributed by atoms with Crippen molar-refractivity contribution < 1.29 is 20.1 Å². The number of nitrogens with one attached hydrogen (secondary N) is 2. The van der Waals surface area contributed by atoms with Crippen molar-refractivity contribution in [3.63, 3.8) is 0 Å². The highest BCUT2D eigenvalue weighted by molar-refractivity contribution is 5.73. The molecule has 0 aliphatic carbocycles. The van der Waals surface area contributed by atoms with E-state index in [1.165, 1.54) is 25.9 Å². The lowest BCUT2D eigenvalue weighted by molar-refractivity contribution is -0.120. The van der Waals surface area contributed by atoms with E-state index < -0.39 is 6.10 Å². The lowest BCUT2D eigenvalue weighted by Gasteiger charge is -2.40. The molecule has 270 valence electrons. The fourth-order valence-corrected chi connectivity index (χ4v) is 5.70. The molecular formula is C36H77N5O4. The first-order valence-corrected chi connectivity index (χ1v) is 17.5. The van der Waals surface area contributed by atoms with Crippen LogP contribution in [0.1, 0.15) is 122 Å². The van der Waals surface area contributed by atoms with Crippen LogP contribution in [0.3, 0.4) is 0 Å². The largest absolute Gasteiger partial charge is 0.394 e. The van der Waals surface area contributed by atoms with Crippen molar-refractivity contribution >= 4 is 5.91 Å². The summed E-state index contributed by atoms with van der Waals surface area (Å²) in [5.41, 5.74) is 1.02. The number of carbonyl (C=O) groups is 1. The number of carbonyl (C=O) groups excluding carboxylic acids is 1. The molecule has 0 aromatic carbocycles. The van der Waals surface area contributed by atoms with Crippen LogP contribution in [0, 0.1) is 11.3 Å². The number of hydrogen-bond acceptors (Lipinski definition) is 8. The second kappa shape index (κ2) is 19.9. The third-order valence-electron chi connectivity index (χ3n) is 8.89. The zero-order valence-electron chi connectivity index (χ0n) is 32.1. The van der Waals surface area contributed by atoms with E-state index in [0.717, 1.165) is 51.4 Å². The standard InChI is InChI=1S/C11H22N2O.C10H21N.C8H17NO.C7H17NO2/c1-9(14)12-10-5-7-13(8-6-10)11(2,3)4;1-10(2,3)9-6-5-7-11(4)8-9;1-8(2,3)9-5-4-7(10)6-9;1-7(2,3)8-4-6(10)5-9/h10H,5-8H2,1-4H3,(H,12,14);9H,5-8H2,1-4H3;7,10H,4-6H2,1-3H3;6,8-10H,4-5H2,1-3H3/t;;7-;6-/m..10/s1. The summed E-state index contributed by atoms with van der Waals surface area (Å²) in [6.45, 7) is 34.9. The Morgan fingerprint density at radius 1 is 0.800 bits per heavy atom. The summed E-state index contributed by atoms with van der Waals surface area (Å²) in [5, 5.41) is 32.6. The maximum absolute atomic E-state index is 10.9. The summed E-state index contributed by atoms with van der Waals surface area (Å²) < 4.78 is 0. The zero-order chi connectivity index (χ0) is 35.2. The number of aliphatic hydroxyl groups is 3. The van der Waals surface area contributed by atoms with Crippen molar-refractivity contribution in [3.8, 4) is 0 Å². The number of aliphatic hydroxyl groups excluding tert-OH is 3. The minimum Gasteiger partial charge on any atom is -0.394 e. The van der Waals surface area contributed by atoms with Gasteiger partial charge in [-0.05, 0) is 119 Å². The lowest BCUT2D eigenvalue weighted by atomic mass is 9.76. The highest BCUT2D eigenvalue weighted by Crippen LogP contribution is 2.32. The van der Waals surface area contributed by atoms with Crippen molar-refractivity contribution in [1.82, 2.24) is 25.3 Å². The normalized spacial score (nSPS) is 23.5. The van der Waals surface area contributed by atoms with E-state index in [-0.39, 0.29) is 35.2 Å². The summed E-state index contributed by atoms with van der Waals surface area (Å²) in [6, 6.07) is 0.395. The van der Waals surface area contributed by atoms with E-state index in [1.54, 1.807) is 6.92 Å². The summed E-state index contributed by atoms with van der Waals surface area (Å²) in [4.78, 5) is 18.1. The topological polar surface area (TPSA) is 112 Å². The molecule has 1 amide bonds. The Balaban J connectivity index is 0.000000580. The summed E-state index contributed by atoms with van der Waals surface area (Å²) in [6.07, 6.45) is 5.19. The van der Waals surface area contributed by atoms with E-state index in [9.17, 15) is 9.90 Å². The Morgan fingerprint density at radius 2 is 1.31 bits per heavy atom. The first-order chi connectivity index (χ1) is 20.3. The summed E-state index contributed by atoms with van der Waals surface area (Å²) >= 11 is 0. The van der Waals surface area contributed by atoms with E-state index in [4.69, 9.17) is 10.2 Å². The average Bonchev–Trinajstić information content (AvgIpc) is 3.34. The van der Waals surface area contributed by atoms with Crippen LogP contribution in [0.2, 0.25) is 0 Å². The van der Waals surface area contributed by atoms with Crippen LogP contribution in [0.25, 0.3) is 0 Å². The quantitative estimate of drug-likeness (QED) is 0.308. The van der Waals surface area contributed by atoms with Crippen molar-refractivity contribution in [3.05, 3.63) is 0 Å². The van der Waals surface area contributed by atoms with Gasteiger partial charge < -0.3 is 30.9 Å². The van der Waals surface area contributed by atoms with E-state index in [0.29, 0.717) is 18.0 Å². The average molecular weight is 644 g/mol. The molecule has 3 rings (SSSR count). The van der Waals surface area contributed by atoms with E-state index >= 15 is 0 Å². The van der Waals surface area contributed by atoms with Crippen LogP contribution in [-0.2, 0) is 4.79 Å². The Bertz CT molecular complexity index is 789. The fourth-order valence-electron chi connectivity index (χ4n) is 5.70. The molecule has 3 atom stereocenters. The predicted molar refractivity (Wildman–Crippen MR) is 191 cm³/mol. The molecule has 0 aromatic heterocycles. The fraction of sp³-hybridized carbons (Fsp3) is 0.972. The predicted octanol–water partition coefficient (Wildman–Crippen LogP) is 4.34. The molecule has 3 aliphatic rings. The zero-order valence-corrected chi connectivity index (χ0v) is 32.1. The summed E-state index contributed by atoms with van der Waals surface area (Å²) in [5.74, 6) is 1.00. The van der Waals surface area contributed by atoms with E-state index in [2.05, 4.69) is 94.7 Å². The third-order valence-corrected chi connectivity index (χ3v) is 8.89. The minimum absolute atomic E-state index is 0.0101. The monoisotopic (exact) mass is 644 g/mol. The minimum atomic E-state index is -0.640. The van der Waals surface area contributed by atoms with Gasteiger partial charge in [-0.15, -0.1) is 0 Å². The van der Waals surface area contributed by atoms with Gasteiger partial charge in [-0.1, -0.05) is 20.8 Å². The highest BCUT2D eigenvalue weighted by Gasteiger charge is 2.29. The van der Waals surface area contributed by atoms with Gasteiger partial charge in [0.25, 0.3) is 0 Å². The molecule has 1 unspecified atom stereocenters. The van der Waals surface area contributed by atoms with Gasteiger partial charge in [0.05, 0.1) is 18.8 Å². The molecule has 0 aromatic rings. The number of rotatable bonds is 4. The van der Waals surface area contributed by atoms with Gasteiger partial charge in [0.2, 0.25) is 5.91 Å². The van der Waals surface area contributed by atoms with Crippen molar-refractivity contribution in [1.29, 1.82) is 0 Å². The van der Waals surface area contributed by atoms with Crippen molar-refractivity contribution in [2.24, 2.45) is 11.3 Å². The van der Waals surface area contributed by atoms with E-state index in [1.807, 2.05) is 20.8 Å². The maximum atomic E-state index is 10.9. The molecule has 3 aliphatic heterocycles. The Hall–Kier alpha value is -0.810. The van der Waals surface area contributed by atoms with Crippen molar-refractivity contribution in [2.45, 2.75) is 157 Å². The number of β-amino-alcohol motifs (C(OH)–C–C–N with tert-alkyl or cyclic N) is 2. The Labute approximate surface area is 278 Å². The molecular weight excluding hydrogens is 566 g/mol. The smallest absolute Gasteiger partial charge is 0.217 e. The van der Waals surface area contributed by atoms with Crippen LogP contribution in [0.5, 0.6) is 0 Å². The van der Waals surface area contributed by atoms with Gasteiger partial charge in [-0.2, -0.15) is 0 Å². The van der Waals surface area contributed by atoms with Gasteiger partial charge in [-0.25, -0.2) is 0 Å². The first kappa shape index (κ1) is 44.2. The SMILES string of the molecule is CC(=O)NC1CCN(C(C)(C)C)CC1.CC(C)(C)N1CC[C@@H](O)C1.CC(C)(C)NC[C@H](O)CO.CN1CCCC(C(C)(C)C)C1. The number of hydrogen-bond donors (Lipinski definition) is 5. The van der Waals surface area contributed by atoms with Gasteiger partial charge in [0, 0.05) is 68.9 Å². The third kappa shape index (κ3) is 21.6. The van der Waals surface area contributed by atoms with Crippen LogP contribution < -0.4 is 10.6 Å². The molecule has 0 radical (unpaired) electrons. The van der Waals surface area contributed by atoms with Crippen LogP contribution in [0.15, 0.2) is 0 Å². The summed E-state index contributed by atoms with van der Waals surface area (Å²) in [7, 11) is 2.23. The van der Waals surface area contributed by atoms with Gasteiger partial charge in [0.15, 0.2) is 0 Å². The molecule has 3 heterocycles. The number of amides is 1. The molecule has 3 fully saturated rings. The number of nitrogens with zero attached hydrogens (tertiary/aromatic N) is 3. The molecule has 0 bridgehead atoms. The van der Waals surface area contributed by atoms with Gasteiger partial charge in [0.1, 0.15) is 0 Å². The lowest BCUT2D eigenvalue weighted by Crippen LogP contribution is -2.50. The van der Waals surface area contributed by atoms with Gasteiger partial charge >= 0.3 is 0 Å². The van der Waals surface area contributed by atoms with Crippen molar-refractivity contribution in [2.75, 3.05) is 59.5 Å². The molecule has 45 heavy (non-hydrogen) atoms. The first-order valence-electron chi connectivity index (χ1n) is 17.5. The molecule has 9 heteroatoms. The number of piperidine rings is 2. The van der Waals surface area contributed by atoms with Crippen LogP contribution >= 0.6 is 0 Å². The van der Waals surface area contributed by atoms with Gasteiger partial charge in [-0.3, -0.25) is 14.6 Å². The molecule has 5 N–H and O–H groups in total. The molecule has 0 saturated carbocycles. The van der Waals surface area contributed by atoms with Crippen LogP contribution in [-0.4, -0.2) is 130 Å².